The molecule has 0 saturated carbocycles. The van der Waals surface area contributed by atoms with Gasteiger partial charge in [0.1, 0.15) is 11.8 Å². The minimum atomic E-state index is -3.79. The quantitative estimate of drug-likeness (QED) is 0.436. The van der Waals surface area contributed by atoms with Gasteiger partial charge >= 0.3 is 0 Å². The molecule has 10 heteroatoms. The Labute approximate surface area is 174 Å². The Morgan fingerprint density at radius 1 is 1.27 bits per heavy atom. The molecule has 2 aromatic heterocycles. The van der Waals surface area contributed by atoms with E-state index >= 15 is 0 Å². The number of carbonyl (C=O) groups is 1. The molecule has 0 aliphatic heterocycles. The van der Waals surface area contributed by atoms with Gasteiger partial charge in [0.2, 0.25) is 4.90 Å². The van der Waals surface area contributed by atoms with Crippen LogP contribution in [0.5, 0.6) is 0 Å². The molecule has 0 fully saturated rings. The molecule has 2 N–H and O–H groups in total. The molecule has 3 rings (SSSR count). The number of aryl methyl sites for hydroxylation is 2. The van der Waals surface area contributed by atoms with Crippen molar-refractivity contribution in [1.82, 2.24) is 20.2 Å². The number of carbonyl (C=O) groups excluding carboxylic acids is 1. The van der Waals surface area contributed by atoms with Crippen molar-refractivity contribution in [2.24, 2.45) is 0 Å². The zero-order valence-electron chi connectivity index (χ0n) is 16.3. The number of hydrogen-bond donors (Lipinski definition) is 2. The van der Waals surface area contributed by atoms with Crippen LogP contribution in [0.1, 0.15) is 27.4 Å². The molecule has 0 saturated heterocycles. The second-order valence-corrected chi connectivity index (χ2v) is 8.10. The largest absolute Gasteiger partial charge is 0.593 e. The Hall–Kier alpha value is -3.39. The summed E-state index contributed by atoms with van der Waals surface area (Å²) in [5, 5.41) is 15.5. The average Bonchev–Trinajstić information content (AvgIpc) is 3.10. The van der Waals surface area contributed by atoms with Crippen LogP contribution in [0.2, 0.25) is 0 Å². The summed E-state index contributed by atoms with van der Waals surface area (Å²) >= 11 is 0. The molecule has 30 heavy (non-hydrogen) atoms. The fraction of sp³-hybridized carbons (Fsp3) is 0.200. The van der Waals surface area contributed by atoms with E-state index < -0.39 is 10.4 Å². The number of rotatable bonds is 7. The van der Waals surface area contributed by atoms with Gasteiger partial charge in [-0.2, -0.15) is 5.26 Å². The zero-order valence-corrected chi connectivity index (χ0v) is 17.2. The highest BCUT2D eigenvalue weighted by Gasteiger charge is 2.29. The maximum absolute atomic E-state index is 12.4. The highest BCUT2D eigenvalue weighted by atomic mass is 32.3. The molecular formula is C20H19N5O4S. The minimum Gasteiger partial charge on any atom is -0.593 e. The summed E-state index contributed by atoms with van der Waals surface area (Å²) in [6.07, 6.45) is 1.58. The fourth-order valence-electron chi connectivity index (χ4n) is 2.93. The first-order chi connectivity index (χ1) is 14.3. The topological polar surface area (TPSA) is 144 Å². The van der Waals surface area contributed by atoms with Crippen molar-refractivity contribution in [3.8, 4) is 17.3 Å². The number of sulfonamides is 1. The van der Waals surface area contributed by atoms with Gasteiger partial charge in [-0.3, -0.25) is 9.78 Å². The Morgan fingerprint density at radius 2 is 2.07 bits per heavy atom. The lowest BCUT2D eigenvalue weighted by Gasteiger charge is -2.14. The fourth-order valence-corrected chi connectivity index (χ4v) is 4.28. The molecule has 3 aromatic rings. The molecule has 1 aromatic carbocycles. The zero-order chi connectivity index (χ0) is 21.7. The Balaban J connectivity index is 1.62. The number of benzene rings is 1. The van der Waals surface area contributed by atoms with E-state index in [0.29, 0.717) is 22.4 Å². The van der Waals surface area contributed by atoms with E-state index in [2.05, 4.69) is 26.2 Å². The monoisotopic (exact) mass is 425 g/mol. The number of nitriles is 1. The van der Waals surface area contributed by atoms with E-state index in [0.717, 1.165) is 0 Å². The van der Waals surface area contributed by atoms with Crippen LogP contribution >= 0.6 is 0 Å². The van der Waals surface area contributed by atoms with Crippen LogP contribution in [-0.4, -0.2) is 33.7 Å². The van der Waals surface area contributed by atoms with Crippen LogP contribution in [0.25, 0.3) is 11.3 Å². The number of aromatic nitrogens is 2. The summed E-state index contributed by atoms with van der Waals surface area (Å²) in [5.41, 5.74) is 2.17. The molecule has 0 aliphatic carbocycles. The lowest BCUT2D eigenvalue weighted by molar-refractivity contribution is 0.0954. The number of hydrogen-bond acceptors (Lipinski definition) is 7. The predicted octanol–water partition coefficient (Wildman–Crippen LogP) is 2.15. The molecule has 0 spiro atoms. The van der Waals surface area contributed by atoms with Gasteiger partial charge in [0.05, 0.1) is 17.8 Å². The third-order valence-corrected chi connectivity index (χ3v) is 5.97. The molecule has 1 unspecified atom stereocenters. The van der Waals surface area contributed by atoms with Crippen LogP contribution in [0.15, 0.2) is 52.0 Å². The summed E-state index contributed by atoms with van der Waals surface area (Å²) in [7, 11) is -3.79. The summed E-state index contributed by atoms with van der Waals surface area (Å²) in [6.45, 7) is 3.14. The van der Waals surface area contributed by atoms with E-state index in [-0.39, 0.29) is 35.3 Å². The molecule has 0 bridgehead atoms. The van der Waals surface area contributed by atoms with Crippen LogP contribution in [0, 0.1) is 25.2 Å². The average molecular weight is 425 g/mol. The predicted molar refractivity (Wildman–Crippen MR) is 108 cm³/mol. The standard InChI is InChI=1S/C20H19N5O4S/c1-13-19(14(2)29-25-13)30(27,28)24-10-9-23-20(26)16-6-3-5-15(11-16)18-17(12-21)7-4-8-22-18/h3-8,11H,9-10H2,1-2H3,(H2-,23,24,26,27,28). The minimum absolute atomic E-state index is 0.00333. The van der Waals surface area contributed by atoms with Crippen molar-refractivity contribution in [3.63, 3.8) is 0 Å². The Morgan fingerprint density at radius 3 is 2.77 bits per heavy atom. The van der Waals surface area contributed by atoms with Crippen molar-refractivity contribution >= 4 is 16.3 Å². The van der Waals surface area contributed by atoms with Crippen LogP contribution in [0.4, 0.5) is 0 Å². The summed E-state index contributed by atoms with van der Waals surface area (Å²) in [6, 6.07) is 12.1. The first-order valence-corrected chi connectivity index (χ1v) is 10.5. The molecule has 1 amide bonds. The number of amides is 1. The second kappa shape index (κ2) is 8.96. The van der Waals surface area contributed by atoms with E-state index in [1.807, 2.05) is 0 Å². The van der Waals surface area contributed by atoms with Gasteiger partial charge in [-0.25, -0.2) is 0 Å². The van der Waals surface area contributed by atoms with Crippen molar-refractivity contribution in [1.29, 1.82) is 5.26 Å². The Kier molecular flexibility index (Phi) is 6.37. The van der Waals surface area contributed by atoms with Gasteiger partial charge in [-0.15, -0.1) is 4.72 Å². The molecule has 154 valence electrons. The van der Waals surface area contributed by atoms with Crippen LogP contribution in [-0.2, 0) is 14.6 Å². The second-order valence-electron chi connectivity index (χ2n) is 6.40. The van der Waals surface area contributed by atoms with Gasteiger partial charge in [0.25, 0.3) is 5.91 Å². The van der Waals surface area contributed by atoms with Crippen molar-refractivity contribution < 1.29 is 18.1 Å². The molecule has 0 aliphatic rings. The van der Waals surface area contributed by atoms with E-state index in [1.165, 1.54) is 6.92 Å². The summed E-state index contributed by atoms with van der Waals surface area (Å²) in [5.74, 6) is -0.171. The lowest BCUT2D eigenvalue weighted by atomic mass is 10.0. The van der Waals surface area contributed by atoms with E-state index in [1.54, 1.807) is 49.5 Å². The number of nitrogens with zero attached hydrogens (tertiary/aromatic N) is 3. The highest BCUT2D eigenvalue weighted by molar-refractivity contribution is 7.95. The molecule has 1 atom stereocenters. The highest BCUT2D eigenvalue weighted by Crippen LogP contribution is 2.23. The molecule has 2 heterocycles. The van der Waals surface area contributed by atoms with Gasteiger partial charge < -0.3 is 14.4 Å². The van der Waals surface area contributed by atoms with E-state index in [9.17, 15) is 18.8 Å². The smallest absolute Gasteiger partial charge is 0.251 e. The summed E-state index contributed by atoms with van der Waals surface area (Å²) < 4.78 is 32.0. The SMILES string of the molecule is Cc1noc(C)c1[S+](=O)([O-])NCCNC(=O)c1cccc(-c2ncccc2C#N)c1. The molecule has 9 nitrogen and oxygen atoms in total. The van der Waals surface area contributed by atoms with Gasteiger partial charge in [-0.1, -0.05) is 21.5 Å². The Bertz CT molecular complexity index is 1150. The third-order valence-electron chi connectivity index (χ3n) is 4.27. The van der Waals surface area contributed by atoms with Gasteiger partial charge in [0, 0.05) is 30.8 Å². The van der Waals surface area contributed by atoms with Crippen molar-refractivity contribution in [2.45, 2.75) is 18.7 Å². The van der Waals surface area contributed by atoms with Crippen LogP contribution in [0.3, 0.4) is 0 Å². The van der Waals surface area contributed by atoms with E-state index in [4.69, 9.17) is 4.52 Å². The van der Waals surface area contributed by atoms with Crippen molar-refractivity contribution in [2.75, 3.05) is 13.1 Å². The lowest BCUT2D eigenvalue weighted by Crippen LogP contribution is -2.38. The normalized spacial score (nSPS) is 12.7. The van der Waals surface area contributed by atoms with Crippen LogP contribution < -0.4 is 10.0 Å². The first-order valence-electron chi connectivity index (χ1n) is 9.00. The molecule has 0 radical (unpaired) electrons. The number of pyridine rings is 1. The maximum atomic E-state index is 12.4. The summed E-state index contributed by atoms with van der Waals surface area (Å²) in [4.78, 5) is 16.7. The third kappa shape index (κ3) is 4.60. The van der Waals surface area contributed by atoms with Crippen molar-refractivity contribution in [3.05, 3.63) is 65.2 Å². The first kappa shape index (κ1) is 21.3. The van der Waals surface area contributed by atoms with Gasteiger partial charge in [0.15, 0.2) is 16.2 Å². The number of nitrogens with one attached hydrogen (secondary N) is 2. The maximum Gasteiger partial charge on any atom is 0.251 e. The van der Waals surface area contributed by atoms with Gasteiger partial charge in [-0.05, 0) is 31.2 Å². The molecular weight excluding hydrogens is 406 g/mol.